The number of rotatable bonds is 4. The molecule has 13 heavy (non-hydrogen) atoms. The van der Waals surface area contributed by atoms with E-state index in [-0.39, 0.29) is 0 Å². The number of likely N-dealkylation sites (N-methyl/N-ethyl adjacent to an activating group) is 1. The lowest BCUT2D eigenvalue weighted by Crippen LogP contribution is -2.60. The second-order valence-electron chi connectivity index (χ2n) is 4.86. The van der Waals surface area contributed by atoms with Crippen LogP contribution in [-0.2, 0) is 4.79 Å². The van der Waals surface area contributed by atoms with E-state index in [4.69, 9.17) is 0 Å². The molecule has 0 fully saturated rings. The Morgan fingerprint density at radius 3 is 1.92 bits per heavy atom. The lowest BCUT2D eigenvalue weighted by Gasteiger charge is -2.42. The van der Waals surface area contributed by atoms with Gasteiger partial charge in [-0.3, -0.25) is 0 Å². The average molecular weight is 185 g/mol. The minimum Gasteiger partial charge on any atom is -0.544 e. The van der Waals surface area contributed by atoms with E-state index in [1.54, 1.807) is 6.08 Å². The molecule has 0 spiro atoms. The van der Waals surface area contributed by atoms with Gasteiger partial charge in [0.1, 0.15) is 12.0 Å². The van der Waals surface area contributed by atoms with Crippen molar-refractivity contribution >= 4 is 5.97 Å². The van der Waals surface area contributed by atoms with E-state index < -0.39 is 17.4 Å². The van der Waals surface area contributed by atoms with Crippen molar-refractivity contribution in [3.8, 4) is 0 Å². The Morgan fingerprint density at radius 1 is 1.46 bits per heavy atom. The quantitative estimate of drug-likeness (QED) is 0.458. The SMILES string of the molecule is C=CC(C)(C)C(C(=O)[O-])[N+](C)(C)C. The second-order valence-corrected chi connectivity index (χ2v) is 4.86. The lowest BCUT2D eigenvalue weighted by molar-refractivity contribution is -0.895. The second kappa shape index (κ2) is 3.50. The lowest BCUT2D eigenvalue weighted by atomic mass is 9.83. The molecule has 3 nitrogen and oxygen atoms in total. The van der Waals surface area contributed by atoms with Crippen LogP contribution in [0.2, 0.25) is 0 Å². The van der Waals surface area contributed by atoms with Crippen LogP contribution >= 0.6 is 0 Å². The molecule has 1 unspecified atom stereocenters. The molecule has 0 aromatic carbocycles. The van der Waals surface area contributed by atoms with Crippen LogP contribution in [0.15, 0.2) is 12.7 Å². The molecule has 0 saturated carbocycles. The summed E-state index contributed by atoms with van der Waals surface area (Å²) in [6.07, 6.45) is 1.66. The number of carbonyl (C=O) groups is 1. The summed E-state index contributed by atoms with van der Waals surface area (Å²) in [6, 6.07) is -0.579. The normalized spacial score (nSPS) is 15.2. The molecule has 0 heterocycles. The Balaban J connectivity index is 5.05. The van der Waals surface area contributed by atoms with Gasteiger partial charge in [-0.2, -0.15) is 0 Å². The zero-order valence-corrected chi connectivity index (χ0v) is 9.13. The van der Waals surface area contributed by atoms with Crippen LogP contribution < -0.4 is 5.11 Å². The zero-order valence-electron chi connectivity index (χ0n) is 9.13. The minimum absolute atomic E-state index is 0.335. The van der Waals surface area contributed by atoms with E-state index in [9.17, 15) is 9.90 Å². The molecular formula is C10H19NO2. The van der Waals surface area contributed by atoms with Crippen LogP contribution in [-0.4, -0.2) is 37.6 Å². The Labute approximate surface area is 80.3 Å². The third kappa shape index (κ3) is 2.84. The van der Waals surface area contributed by atoms with E-state index in [0.29, 0.717) is 4.48 Å². The Morgan fingerprint density at radius 2 is 1.85 bits per heavy atom. The van der Waals surface area contributed by atoms with Crippen LogP contribution in [0.3, 0.4) is 0 Å². The first-order valence-corrected chi connectivity index (χ1v) is 4.28. The molecule has 0 aromatic rings. The van der Waals surface area contributed by atoms with Crippen LogP contribution in [0.25, 0.3) is 0 Å². The van der Waals surface area contributed by atoms with Crippen molar-refractivity contribution < 1.29 is 14.4 Å². The Bertz CT molecular complexity index is 213. The van der Waals surface area contributed by atoms with Gasteiger partial charge >= 0.3 is 0 Å². The van der Waals surface area contributed by atoms with Gasteiger partial charge in [0.05, 0.1) is 21.1 Å². The molecule has 0 rings (SSSR count). The number of carbonyl (C=O) groups excluding carboxylic acids is 1. The van der Waals surface area contributed by atoms with Crippen LogP contribution in [0.4, 0.5) is 0 Å². The van der Waals surface area contributed by atoms with Gasteiger partial charge in [-0.1, -0.05) is 19.9 Å². The third-order valence-electron chi connectivity index (χ3n) is 2.23. The maximum atomic E-state index is 11.0. The van der Waals surface area contributed by atoms with Crippen molar-refractivity contribution in [2.24, 2.45) is 5.41 Å². The van der Waals surface area contributed by atoms with Crippen LogP contribution in [0.1, 0.15) is 13.8 Å². The summed E-state index contributed by atoms with van der Waals surface area (Å²) < 4.78 is 0.335. The van der Waals surface area contributed by atoms with Gasteiger partial charge in [0.2, 0.25) is 0 Å². The van der Waals surface area contributed by atoms with Crippen molar-refractivity contribution in [3.63, 3.8) is 0 Å². The average Bonchev–Trinajstić information content (AvgIpc) is 1.82. The van der Waals surface area contributed by atoms with E-state index in [1.807, 2.05) is 35.0 Å². The van der Waals surface area contributed by atoms with Crippen molar-refractivity contribution in [2.45, 2.75) is 19.9 Å². The molecule has 76 valence electrons. The van der Waals surface area contributed by atoms with Crippen molar-refractivity contribution in [2.75, 3.05) is 21.1 Å². The highest BCUT2D eigenvalue weighted by atomic mass is 16.4. The van der Waals surface area contributed by atoms with Gasteiger partial charge in [-0.15, -0.1) is 6.58 Å². The molecule has 1 atom stereocenters. The number of hydrogen-bond donors (Lipinski definition) is 0. The third-order valence-corrected chi connectivity index (χ3v) is 2.23. The highest BCUT2D eigenvalue weighted by Gasteiger charge is 2.38. The largest absolute Gasteiger partial charge is 0.544 e. The first-order valence-electron chi connectivity index (χ1n) is 4.28. The fourth-order valence-electron chi connectivity index (χ4n) is 1.73. The van der Waals surface area contributed by atoms with Crippen molar-refractivity contribution in [1.29, 1.82) is 0 Å². The maximum absolute atomic E-state index is 11.0. The summed E-state index contributed by atoms with van der Waals surface area (Å²) in [5.74, 6) is -1.03. The van der Waals surface area contributed by atoms with Crippen molar-refractivity contribution in [3.05, 3.63) is 12.7 Å². The highest BCUT2D eigenvalue weighted by molar-refractivity contribution is 5.71. The number of carboxylic acids is 1. The number of carboxylic acid groups (broad SMARTS) is 1. The monoisotopic (exact) mass is 185 g/mol. The molecule has 0 aliphatic heterocycles. The summed E-state index contributed by atoms with van der Waals surface area (Å²) >= 11 is 0. The number of quaternary nitrogens is 1. The highest BCUT2D eigenvalue weighted by Crippen LogP contribution is 2.27. The zero-order chi connectivity index (χ0) is 10.9. The topological polar surface area (TPSA) is 40.1 Å². The Kier molecular flexibility index (Phi) is 3.28. The summed E-state index contributed by atoms with van der Waals surface area (Å²) in [5, 5.41) is 11.0. The predicted octanol–water partition coefficient (Wildman–Crippen LogP) is 0.0233. The Hall–Kier alpha value is -0.830. The number of aliphatic carboxylic acids is 1. The first kappa shape index (κ1) is 12.2. The van der Waals surface area contributed by atoms with Gasteiger partial charge in [0, 0.05) is 5.41 Å². The van der Waals surface area contributed by atoms with Gasteiger partial charge in [-0.05, 0) is 0 Å². The minimum atomic E-state index is -1.03. The first-order chi connectivity index (χ1) is 5.63. The summed E-state index contributed by atoms with van der Waals surface area (Å²) in [7, 11) is 5.52. The molecule has 0 bridgehead atoms. The standard InChI is InChI=1S/C10H19NO2/c1-7-10(2,3)8(9(12)13)11(4,5)6/h7-8H,1H2,2-6H3. The van der Waals surface area contributed by atoms with Gasteiger partial charge < -0.3 is 14.4 Å². The van der Waals surface area contributed by atoms with Gasteiger partial charge in [-0.25, -0.2) is 0 Å². The van der Waals surface area contributed by atoms with Crippen LogP contribution in [0.5, 0.6) is 0 Å². The molecule has 0 radical (unpaired) electrons. The van der Waals surface area contributed by atoms with Crippen molar-refractivity contribution in [1.82, 2.24) is 0 Å². The fraction of sp³-hybridized carbons (Fsp3) is 0.700. The molecule has 0 N–H and O–H groups in total. The summed E-state index contributed by atoms with van der Waals surface area (Å²) in [4.78, 5) is 11.0. The van der Waals surface area contributed by atoms with Gasteiger partial charge in [0.25, 0.3) is 0 Å². The number of hydrogen-bond acceptors (Lipinski definition) is 2. The molecule has 0 saturated heterocycles. The maximum Gasteiger partial charge on any atom is 0.137 e. The van der Waals surface area contributed by atoms with E-state index in [2.05, 4.69) is 6.58 Å². The van der Waals surface area contributed by atoms with Crippen LogP contribution in [0, 0.1) is 5.41 Å². The van der Waals surface area contributed by atoms with Gasteiger partial charge in [0.15, 0.2) is 0 Å². The predicted molar refractivity (Wildman–Crippen MR) is 50.8 cm³/mol. The smallest absolute Gasteiger partial charge is 0.137 e. The van der Waals surface area contributed by atoms with E-state index in [1.165, 1.54) is 0 Å². The molecule has 3 heteroatoms. The summed E-state index contributed by atoms with van der Waals surface area (Å²) in [6.45, 7) is 7.35. The molecule has 0 aliphatic carbocycles. The van der Waals surface area contributed by atoms with E-state index >= 15 is 0 Å². The summed E-state index contributed by atoms with van der Waals surface area (Å²) in [5.41, 5.74) is -0.461. The molecular weight excluding hydrogens is 166 g/mol. The molecule has 0 aromatic heterocycles. The fourth-order valence-corrected chi connectivity index (χ4v) is 1.73. The molecule has 0 aliphatic rings. The number of nitrogens with zero attached hydrogens (tertiary/aromatic N) is 1. The van der Waals surface area contributed by atoms with E-state index in [0.717, 1.165) is 0 Å². The molecule has 0 amide bonds.